The first kappa shape index (κ1) is 23.0. The van der Waals surface area contributed by atoms with Crippen molar-refractivity contribution in [3.8, 4) is 11.6 Å². The van der Waals surface area contributed by atoms with Gasteiger partial charge in [0.2, 0.25) is 0 Å². The molecule has 0 spiro atoms. The van der Waals surface area contributed by atoms with E-state index >= 15 is 0 Å². The highest BCUT2D eigenvalue weighted by Crippen LogP contribution is 2.38. The van der Waals surface area contributed by atoms with E-state index in [1.54, 1.807) is 15.9 Å². The summed E-state index contributed by atoms with van der Waals surface area (Å²) >= 11 is 5.91. The third-order valence-corrected chi connectivity index (χ3v) is 6.30. The Bertz CT molecular complexity index is 1150. The largest absolute Gasteiger partial charge is 0.491 e. The minimum atomic E-state index is -0.515. The zero-order valence-electron chi connectivity index (χ0n) is 18.8. The Kier molecular flexibility index (Phi) is 6.56. The van der Waals surface area contributed by atoms with Crippen LogP contribution in [0, 0.1) is 5.82 Å². The molecule has 1 aromatic heterocycles. The number of nitrogens with zero attached hydrogens (tertiary/aromatic N) is 3. The molecule has 0 aliphatic carbocycles. The van der Waals surface area contributed by atoms with Gasteiger partial charge >= 0.3 is 0 Å². The highest BCUT2D eigenvalue weighted by Gasteiger charge is 2.36. The molecule has 0 atom stereocenters. The van der Waals surface area contributed by atoms with Crippen LogP contribution in [-0.2, 0) is 13.0 Å². The molecule has 0 unspecified atom stereocenters. The van der Waals surface area contributed by atoms with Crippen LogP contribution in [-0.4, -0.2) is 53.9 Å². The number of hydrogen-bond donors (Lipinski definition) is 0. The van der Waals surface area contributed by atoms with E-state index in [-0.39, 0.29) is 46.3 Å². The SMILES string of the molecule is COc1nc(C(=O)N2CCCC=C2C)c2c(c1OC)C(=O)N(Cc1ccc(F)c(Cl)c1)CC2. The minimum absolute atomic E-state index is 0.00125. The number of halogens is 2. The summed E-state index contributed by atoms with van der Waals surface area (Å²) < 4.78 is 24.4. The number of rotatable bonds is 5. The highest BCUT2D eigenvalue weighted by molar-refractivity contribution is 6.30. The van der Waals surface area contributed by atoms with E-state index in [0.29, 0.717) is 30.6 Å². The maximum atomic E-state index is 13.6. The molecule has 1 aromatic carbocycles. The summed E-state index contributed by atoms with van der Waals surface area (Å²) in [5.41, 5.74) is 2.59. The Labute approximate surface area is 196 Å². The molecule has 2 aromatic rings. The zero-order valence-corrected chi connectivity index (χ0v) is 19.5. The monoisotopic (exact) mass is 473 g/mol. The lowest BCUT2D eigenvalue weighted by atomic mass is 9.95. The number of ether oxygens (including phenoxy) is 2. The second kappa shape index (κ2) is 9.39. The third-order valence-electron chi connectivity index (χ3n) is 6.01. The van der Waals surface area contributed by atoms with Crippen molar-refractivity contribution < 1.29 is 23.5 Å². The van der Waals surface area contributed by atoms with Crippen LogP contribution < -0.4 is 9.47 Å². The number of allylic oxidation sites excluding steroid dienone is 2. The summed E-state index contributed by atoms with van der Waals surface area (Å²) in [4.78, 5) is 34.8. The van der Waals surface area contributed by atoms with Crippen LogP contribution in [0.5, 0.6) is 11.6 Å². The molecule has 174 valence electrons. The smallest absolute Gasteiger partial charge is 0.277 e. The lowest BCUT2D eigenvalue weighted by Crippen LogP contribution is -2.40. The maximum Gasteiger partial charge on any atom is 0.277 e. The Morgan fingerprint density at radius 3 is 2.70 bits per heavy atom. The molecule has 2 aliphatic heterocycles. The zero-order chi connectivity index (χ0) is 23.7. The molecule has 2 amide bonds. The summed E-state index contributed by atoms with van der Waals surface area (Å²) in [5.74, 6) is -0.806. The number of carbonyl (C=O) groups is 2. The van der Waals surface area contributed by atoms with Gasteiger partial charge in [0.25, 0.3) is 17.7 Å². The van der Waals surface area contributed by atoms with Gasteiger partial charge in [-0.1, -0.05) is 23.7 Å². The fourth-order valence-electron chi connectivity index (χ4n) is 4.31. The average Bonchev–Trinajstić information content (AvgIpc) is 2.82. The van der Waals surface area contributed by atoms with E-state index in [1.165, 1.54) is 26.4 Å². The molecule has 0 radical (unpaired) electrons. The van der Waals surface area contributed by atoms with Gasteiger partial charge in [0.05, 0.1) is 24.8 Å². The first-order chi connectivity index (χ1) is 15.8. The summed E-state index contributed by atoms with van der Waals surface area (Å²) in [5, 5.41) is -0.00125. The van der Waals surface area contributed by atoms with Gasteiger partial charge in [-0.25, -0.2) is 9.37 Å². The Morgan fingerprint density at radius 1 is 1.24 bits per heavy atom. The number of methoxy groups -OCH3 is 2. The quantitative estimate of drug-likeness (QED) is 0.650. The van der Waals surface area contributed by atoms with Crippen LogP contribution in [0.15, 0.2) is 30.0 Å². The summed E-state index contributed by atoms with van der Waals surface area (Å²) in [6.45, 7) is 3.10. The molecule has 0 N–H and O–H groups in total. The molecular weight excluding hydrogens is 449 g/mol. The van der Waals surface area contributed by atoms with E-state index in [0.717, 1.165) is 18.5 Å². The number of amides is 2. The van der Waals surface area contributed by atoms with Crippen molar-refractivity contribution in [3.63, 3.8) is 0 Å². The average molecular weight is 474 g/mol. The van der Waals surface area contributed by atoms with Gasteiger partial charge < -0.3 is 19.3 Å². The van der Waals surface area contributed by atoms with Gasteiger partial charge in [0.1, 0.15) is 11.5 Å². The molecule has 4 rings (SSSR count). The van der Waals surface area contributed by atoms with Crippen molar-refractivity contribution >= 4 is 23.4 Å². The molecule has 0 bridgehead atoms. The summed E-state index contributed by atoms with van der Waals surface area (Å²) in [6, 6.07) is 4.37. The Morgan fingerprint density at radius 2 is 2.03 bits per heavy atom. The fourth-order valence-corrected chi connectivity index (χ4v) is 4.51. The normalized spacial score (nSPS) is 15.8. The minimum Gasteiger partial charge on any atom is -0.491 e. The molecule has 0 fully saturated rings. The van der Waals surface area contributed by atoms with Crippen LogP contribution in [0.3, 0.4) is 0 Å². The van der Waals surface area contributed by atoms with Gasteiger partial charge in [0, 0.05) is 30.9 Å². The lowest BCUT2D eigenvalue weighted by molar-refractivity contribution is 0.0718. The summed E-state index contributed by atoms with van der Waals surface area (Å²) in [6.07, 6.45) is 4.23. The van der Waals surface area contributed by atoms with E-state index in [9.17, 15) is 14.0 Å². The molecule has 7 nitrogen and oxygen atoms in total. The Hall–Kier alpha value is -3.13. The number of benzene rings is 1. The van der Waals surface area contributed by atoms with Crippen molar-refractivity contribution in [2.24, 2.45) is 0 Å². The first-order valence-corrected chi connectivity index (χ1v) is 11.1. The van der Waals surface area contributed by atoms with Crippen molar-refractivity contribution in [2.75, 3.05) is 27.3 Å². The van der Waals surface area contributed by atoms with E-state index in [2.05, 4.69) is 4.98 Å². The fraction of sp³-hybridized carbons (Fsp3) is 0.375. The second-order valence-corrected chi connectivity index (χ2v) is 8.43. The number of carbonyl (C=O) groups excluding carboxylic acids is 2. The van der Waals surface area contributed by atoms with E-state index < -0.39 is 5.82 Å². The van der Waals surface area contributed by atoms with Gasteiger partial charge in [-0.15, -0.1) is 0 Å². The van der Waals surface area contributed by atoms with Crippen molar-refractivity contribution in [2.45, 2.75) is 32.7 Å². The number of fused-ring (bicyclic) bond motifs is 1. The molecule has 9 heteroatoms. The highest BCUT2D eigenvalue weighted by atomic mass is 35.5. The van der Waals surface area contributed by atoms with Crippen LogP contribution in [0.4, 0.5) is 4.39 Å². The van der Waals surface area contributed by atoms with Crippen molar-refractivity contribution in [1.29, 1.82) is 0 Å². The molecule has 2 aliphatic rings. The van der Waals surface area contributed by atoms with Gasteiger partial charge in [-0.3, -0.25) is 9.59 Å². The van der Waals surface area contributed by atoms with Crippen LogP contribution in [0.1, 0.15) is 51.7 Å². The standard InChI is InChI=1S/C24H25ClFN3O4/c1-14-6-4-5-10-29(14)24(31)20-16-9-11-28(13-15-7-8-18(26)17(25)12-15)23(30)19(16)21(32-2)22(27-20)33-3/h6-8,12H,4-5,9-11,13H2,1-3H3. The van der Waals surface area contributed by atoms with Crippen LogP contribution in [0.25, 0.3) is 0 Å². The van der Waals surface area contributed by atoms with E-state index in [4.69, 9.17) is 21.1 Å². The van der Waals surface area contributed by atoms with Crippen LogP contribution >= 0.6 is 11.6 Å². The predicted molar refractivity (Wildman–Crippen MR) is 121 cm³/mol. The van der Waals surface area contributed by atoms with E-state index in [1.807, 2.05) is 13.0 Å². The van der Waals surface area contributed by atoms with Crippen molar-refractivity contribution in [1.82, 2.24) is 14.8 Å². The Balaban J connectivity index is 1.75. The number of hydrogen-bond acceptors (Lipinski definition) is 5. The number of pyridine rings is 1. The second-order valence-electron chi connectivity index (χ2n) is 8.03. The van der Waals surface area contributed by atoms with Gasteiger partial charge in [-0.2, -0.15) is 0 Å². The molecular formula is C24H25ClFN3O4. The van der Waals surface area contributed by atoms with Crippen molar-refractivity contribution in [3.05, 3.63) is 63.2 Å². The lowest BCUT2D eigenvalue weighted by Gasteiger charge is -2.32. The first-order valence-electron chi connectivity index (χ1n) is 10.7. The van der Waals surface area contributed by atoms with Gasteiger partial charge in [-0.05, 0) is 43.9 Å². The van der Waals surface area contributed by atoms with Gasteiger partial charge in [0.15, 0.2) is 5.75 Å². The maximum absolute atomic E-state index is 13.6. The third kappa shape index (κ3) is 4.27. The molecule has 0 saturated heterocycles. The van der Waals surface area contributed by atoms with Crippen LogP contribution in [0.2, 0.25) is 5.02 Å². The summed E-state index contributed by atoms with van der Waals surface area (Å²) in [7, 11) is 2.86. The predicted octanol–water partition coefficient (Wildman–Crippen LogP) is 4.23. The molecule has 33 heavy (non-hydrogen) atoms. The topological polar surface area (TPSA) is 72.0 Å². The number of aromatic nitrogens is 1. The molecule has 3 heterocycles. The molecule has 0 saturated carbocycles.